The van der Waals surface area contributed by atoms with Gasteiger partial charge in [0.2, 0.25) is 0 Å². The van der Waals surface area contributed by atoms with Gasteiger partial charge in [0.25, 0.3) is 0 Å². The molecule has 0 aliphatic heterocycles. The van der Waals surface area contributed by atoms with Gasteiger partial charge >= 0.3 is 0 Å². The van der Waals surface area contributed by atoms with E-state index in [9.17, 15) is 4.39 Å². The summed E-state index contributed by atoms with van der Waals surface area (Å²) in [5.41, 5.74) is 0.658. The van der Waals surface area contributed by atoms with Gasteiger partial charge in [0.05, 0.1) is 9.90 Å². The highest BCUT2D eigenvalue weighted by molar-refractivity contribution is 7.19. The minimum absolute atomic E-state index is 0.0658. The number of hydrogen-bond donors (Lipinski definition) is 0. The molecular formula is C11H5ClFNS. The Morgan fingerprint density at radius 3 is 2.67 bits per heavy atom. The van der Waals surface area contributed by atoms with Gasteiger partial charge in [-0.2, -0.15) is 5.26 Å². The first-order chi connectivity index (χ1) is 7.22. The van der Waals surface area contributed by atoms with Crippen LogP contribution in [-0.4, -0.2) is 0 Å². The lowest BCUT2D eigenvalue weighted by atomic mass is 10.1. The zero-order chi connectivity index (χ0) is 10.8. The largest absolute Gasteiger partial charge is 0.206 e. The maximum atomic E-state index is 13.3. The summed E-state index contributed by atoms with van der Waals surface area (Å²) in [5.74, 6) is -0.500. The standard InChI is InChI=1S/C11H5ClFNS/c12-11-5-4-10(15-11)7-2-1-3-9(13)8(7)6-14/h1-5H. The van der Waals surface area contributed by atoms with Gasteiger partial charge < -0.3 is 0 Å². The normalized spacial score (nSPS) is 9.93. The Bertz CT molecular complexity index is 542. The maximum absolute atomic E-state index is 13.3. The van der Waals surface area contributed by atoms with Gasteiger partial charge in [-0.05, 0) is 18.2 Å². The predicted octanol–water partition coefficient (Wildman–Crippen LogP) is 4.08. The number of rotatable bonds is 1. The molecule has 0 unspecified atom stereocenters. The second-order valence-electron chi connectivity index (χ2n) is 2.88. The van der Waals surface area contributed by atoms with Crippen LogP contribution in [0.25, 0.3) is 10.4 Å². The van der Waals surface area contributed by atoms with Crippen molar-refractivity contribution in [3.63, 3.8) is 0 Å². The number of nitriles is 1. The molecule has 0 amide bonds. The Morgan fingerprint density at radius 1 is 1.27 bits per heavy atom. The van der Waals surface area contributed by atoms with E-state index in [4.69, 9.17) is 16.9 Å². The van der Waals surface area contributed by atoms with E-state index in [0.29, 0.717) is 9.90 Å². The summed E-state index contributed by atoms with van der Waals surface area (Å²) in [6, 6.07) is 9.94. The van der Waals surface area contributed by atoms with E-state index in [-0.39, 0.29) is 5.56 Å². The highest BCUT2D eigenvalue weighted by Crippen LogP contribution is 2.33. The zero-order valence-electron chi connectivity index (χ0n) is 7.50. The smallest absolute Gasteiger partial charge is 0.141 e. The van der Waals surface area contributed by atoms with Gasteiger partial charge in [0.1, 0.15) is 11.9 Å². The van der Waals surface area contributed by atoms with Crippen LogP contribution >= 0.6 is 22.9 Å². The van der Waals surface area contributed by atoms with Crippen molar-refractivity contribution in [1.82, 2.24) is 0 Å². The summed E-state index contributed by atoms with van der Waals surface area (Å²) >= 11 is 7.11. The van der Waals surface area contributed by atoms with Crippen molar-refractivity contribution in [2.24, 2.45) is 0 Å². The number of hydrogen-bond acceptors (Lipinski definition) is 2. The summed E-state index contributed by atoms with van der Waals surface area (Å²) < 4.78 is 13.9. The summed E-state index contributed by atoms with van der Waals surface area (Å²) in [6.07, 6.45) is 0. The molecule has 0 saturated heterocycles. The average Bonchev–Trinajstić information content (AvgIpc) is 2.64. The molecule has 2 aromatic rings. The lowest BCUT2D eigenvalue weighted by Crippen LogP contribution is -1.86. The average molecular weight is 238 g/mol. The third-order valence-corrected chi connectivity index (χ3v) is 3.23. The summed E-state index contributed by atoms with van der Waals surface area (Å²) in [4.78, 5) is 0.802. The van der Waals surface area contributed by atoms with Gasteiger partial charge in [-0.25, -0.2) is 4.39 Å². The highest BCUT2D eigenvalue weighted by atomic mass is 35.5. The molecule has 0 atom stereocenters. The van der Waals surface area contributed by atoms with Crippen LogP contribution < -0.4 is 0 Å². The van der Waals surface area contributed by atoms with Crippen LogP contribution in [0.3, 0.4) is 0 Å². The van der Waals surface area contributed by atoms with Crippen LogP contribution in [0.1, 0.15) is 5.56 Å². The van der Waals surface area contributed by atoms with Crippen molar-refractivity contribution in [1.29, 1.82) is 5.26 Å². The van der Waals surface area contributed by atoms with E-state index in [2.05, 4.69) is 0 Å². The second kappa shape index (κ2) is 4.01. The molecule has 74 valence electrons. The summed E-state index contributed by atoms with van der Waals surface area (Å²) in [7, 11) is 0. The van der Waals surface area contributed by atoms with Crippen molar-refractivity contribution in [2.75, 3.05) is 0 Å². The molecule has 2 rings (SSSR count). The topological polar surface area (TPSA) is 23.8 Å². The quantitative estimate of drug-likeness (QED) is 0.733. The minimum atomic E-state index is -0.500. The number of thiophene rings is 1. The Kier molecular flexibility index (Phi) is 2.72. The van der Waals surface area contributed by atoms with E-state index in [1.165, 1.54) is 17.4 Å². The second-order valence-corrected chi connectivity index (χ2v) is 4.59. The molecule has 0 aliphatic rings. The molecule has 0 N–H and O–H groups in total. The van der Waals surface area contributed by atoms with Crippen LogP contribution in [0.5, 0.6) is 0 Å². The van der Waals surface area contributed by atoms with Gasteiger partial charge in [0.15, 0.2) is 0 Å². The van der Waals surface area contributed by atoms with Gasteiger partial charge in [-0.15, -0.1) is 11.3 Å². The van der Waals surface area contributed by atoms with Crippen LogP contribution in [-0.2, 0) is 0 Å². The Balaban J connectivity index is 2.63. The van der Waals surface area contributed by atoms with Crippen LogP contribution in [0, 0.1) is 17.1 Å². The Hall–Kier alpha value is -1.37. The fourth-order valence-electron chi connectivity index (χ4n) is 1.30. The first-order valence-electron chi connectivity index (χ1n) is 4.16. The number of halogens is 2. The van der Waals surface area contributed by atoms with Crippen molar-refractivity contribution >= 4 is 22.9 Å². The Labute approximate surface area is 95.4 Å². The van der Waals surface area contributed by atoms with Gasteiger partial charge in [0, 0.05) is 10.4 Å². The molecule has 1 aromatic carbocycles. The van der Waals surface area contributed by atoms with Crippen molar-refractivity contribution in [3.8, 4) is 16.5 Å². The van der Waals surface area contributed by atoms with E-state index >= 15 is 0 Å². The molecule has 4 heteroatoms. The van der Waals surface area contributed by atoms with Crippen LogP contribution in [0.4, 0.5) is 4.39 Å². The monoisotopic (exact) mass is 237 g/mol. The number of benzene rings is 1. The van der Waals surface area contributed by atoms with Crippen LogP contribution in [0.15, 0.2) is 30.3 Å². The fourth-order valence-corrected chi connectivity index (χ4v) is 2.38. The molecule has 1 aromatic heterocycles. The van der Waals surface area contributed by atoms with E-state index < -0.39 is 5.82 Å². The zero-order valence-corrected chi connectivity index (χ0v) is 9.07. The lowest BCUT2D eigenvalue weighted by molar-refractivity contribution is 0.624. The summed E-state index contributed by atoms with van der Waals surface area (Å²) in [6.45, 7) is 0. The first-order valence-corrected chi connectivity index (χ1v) is 5.36. The fraction of sp³-hybridized carbons (Fsp3) is 0. The molecule has 0 fully saturated rings. The van der Waals surface area contributed by atoms with Gasteiger partial charge in [-0.3, -0.25) is 0 Å². The summed E-state index contributed by atoms with van der Waals surface area (Å²) in [5, 5.41) is 8.85. The first kappa shape index (κ1) is 10.2. The van der Waals surface area contributed by atoms with Crippen molar-refractivity contribution < 1.29 is 4.39 Å². The SMILES string of the molecule is N#Cc1c(F)cccc1-c1ccc(Cl)s1. The van der Waals surface area contributed by atoms with Crippen molar-refractivity contribution in [3.05, 3.63) is 46.0 Å². The lowest BCUT2D eigenvalue weighted by Gasteiger charge is -2.00. The molecule has 0 bridgehead atoms. The van der Waals surface area contributed by atoms with Crippen LogP contribution in [0.2, 0.25) is 4.34 Å². The molecule has 0 spiro atoms. The van der Waals surface area contributed by atoms with E-state index in [1.54, 1.807) is 24.3 Å². The number of nitrogens with zero attached hydrogens (tertiary/aromatic N) is 1. The third kappa shape index (κ3) is 1.87. The molecule has 15 heavy (non-hydrogen) atoms. The molecule has 1 nitrogen and oxygen atoms in total. The minimum Gasteiger partial charge on any atom is -0.206 e. The third-order valence-electron chi connectivity index (χ3n) is 1.96. The van der Waals surface area contributed by atoms with E-state index in [0.717, 1.165) is 4.88 Å². The molecule has 1 heterocycles. The van der Waals surface area contributed by atoms with Gasteiger partial charge in [-0.1, -0.05) is 23.7 Å². The predicted molar refractivity (Wildman–Crippen MR) is 59.4 cm³/mol. The van der Waals surface area contributed by atoms with Crippen molar-refractivity contribution in [2.45, 2.75) is 0 Å². The molecular weight excluding hydrogens is 233 g/mol. The molecule has 0 saturated carbocycles. The molecule has 0 radical (unpaired) electrons. The molecule has 0 aliphatic carbocycles. The highest BCUT2D eigenvalue weighted by Gasteiger charge is 2.10. The Morgan fingerprint density at radius 2 is 2.07 bits per heavy atom. The van der Waals surface area contributed by atoms with E-state index in [1.807, 2.05) is 6.07 Å². The maximum Gasteiger partial charge on any atom is 0.141 e.